The molecule has 1 aromatic heterocycles. The lowest BCUT2D eigenvalue weighted by molar-refractivity contribution is -0.137. The van der Waals surface area contributed by atoms with Crippen molar-refractivity contribution in [1.82, 2.24) is 15.4 Å². The molecular weight excluding hydrogens is 331 g/mol. The summed E-state index contributed by atoms with van der Waals surface area (Å²) in [5.74, 6) is -0.261. The molecule has 1 aromatic rings. The minimum Gasteiger partial charge on any atom is -0.375 e. The third-order valence-electron chi connectivity index (χ3n) is 3.48. The zero-order valence-corrected chi connectivity index (χ0v) is 13.6. The topological polar surface area (TPSA) is 71.2 Å². The third kappa shape index (κ3) is 2.89. The maximum Gasteiger partial charge on any atom is 0.254 e. The first-order valence-corrected chi connectivity index (χ1v) is 7.28. The van der Waals surface area contributed by atoms with Gasteiger partial charge in [-0.05, 0) is 42.8 Å². The molecule has 1 amide bonds. The summed E-state index contributed by atoms with van der Waals surface area (Å²) >= 11 is 16.8. The van der Waals surface area contributed by atoms with Gasteiger partial charge in [-0.2, -0.15) is 0 Å². The Morgan fingerprint density at radius 1 is 1.48 bits per heavy atom. The highest BCUT2D eigenvalue weighted by atomic mass is 35.5. The highest BCUT2D eigenvalue weighted by molar-refractivity contribution is 7.80. The summed E-state index contributed by atoms with van der Waals surface area (Å²) in [4.78, 5) is 16.7. The third-order valence-corrected chi connectivity index (χ3v) is 4.05. The molecule has 0 aromatic carbocycles. The maximum absolute atomic E-state index is 12.8. The van der Waals surface area contributed by atoms with Crippen molar-refractivity contribution in [3.63, 3.8) is 0 Å². The Morgan fingerprint density at radius 2 is 2.00 bits per heavy atom. The number of allylic oxidation sites excluding steroid dienone is 1. The van der Waals surface area contributed by atoms with Crippen LogP contribution in [0.5, 0.6) is 0 Å². The van der Waals surface area contributed by atoms with Crippen molar-refractivity contribution in [3.05, 3.63) is 40.2 Å². The van der Waals surface area contributed by atoms with Gasteiger partial charge < -0.3 is 5.73 Å². The SMILES string of the molecule is C=C1CC(C(=O)N(NC)C(N)=S)(c2cc(Cl)nc(Cl)c2)C1. The molecule has 1 saturated carbocycles. The number of rotatable bonds is 3. The van der Waals surface area contributed by atoms with Crippen LogP contribution >= 0.6 is 35.4 Å². The quantitative estimate of drug-likeness (QED) is 0.380. The van der Waals surface area contributed by atoms with E-state index < -0.39 is 5.41 Å². The van der Waals surface area contributed by atoms with Crippen molar-refractivity contribution >= 4 is 46.4 Å². The van der Waals surface area contributed by atoms with Gasteiger partial charge in [0.1, 0.15) is 10.3 Å². The molecule has 1 aliphatic rings. The van der Waals surface area contributed by atoms with E-state index in [9.17, 15) is 4.79 Å². The molecule has 21 heavy (non-hydrogen) atoms. The average Bonchev–Trinajstić information content (AvgIpc) is 2.33. The number of amides is 1. The fourth-order valence-electron chi connectivity index (χ4n) is 2.55. The monoisotopic (exact) mass is 344 g/mol. The number of carbonyl (C=O) groups is 1. The number of nitrogens with two attached hydrogens (primary N) is 1. The number of hydrogen-bond donors (Lipinski definition) is 2. The summed E-state index contributed by atoms with van der Waals surface area (Å²) in [5, 5.41) is 1.55. The summed E-state index contributed by atoms with van der Waals surface area (Å²) in [6, 6.07) is 3.26. The van der Waals surface area contributed by atoms with Crippen molar-refractivity contribution in [2.24, 2.45) is 5.73 Å². The molecule has 3 N–H and O–H groups in total. The van der Waals surface area contributed by atoms with Crippen LogP contribution in [0, 0.1) is 0 Å². The highest BCUT2D eigenvalue weighted by Crippen LogP contribution is 2.48. The molecule has 1 fully saturated rings. The fourth-order valence-corrected chi connectivity index (χ4v) is 3.18. The Kier molecular flexibility index (Phi) is 4.53. The molecule has 1 heterocycles. The molecule has 0 unspecified atom stereocenters. The van der Waals surface area contributed by atoms with Crippen LogP contribution in [0.3, 0.4) is 0 Å². The van der Waals surface area contributed by atoms with E-state index in [2.05, 4.69) is 17.0 Å². The summed E-state index contributed by atoms with van der Waals surface area (Å²) in [6.45, 7) is 3.90. The summed E-state index contributed by atoms with van der Waals surface area (Å²) < 4.78 is 0. The van der Waals surface area contributed by atoms with Crippen LogP contribution in [0.2, 0.25) is 10.3 Å². The van der Waals surface area contributed by atoms with E-state index >= 15 is 0 Å². The van der Waals surface area contributed by atoms with E-state index in [4.69, 9.17) is 41.2 Å². The predicted octanol–water partition coefficient (Wildman–Crippen LogP) is 2.18. The Hall–Kier alpha value is -1.21. The first-order valence-electron chi connectivity index (χ1n) is 6.12. The summed E-state index contributed by atoms with van der Waals surface area (Å²) in [7, 11) is 1.57. The molecule has 0 radical (unpaired) electrons. The molecule has 2 rings (SSSR count). The Morgan fingerprint density at radius 3 is 2.38 bits per heavy atom. The van der Waals surface area contributed by atoms with Gasteiger partial charge in [-0.25, -0.2) is 15.4 Å². The average molecular weight is 345 g/mol. The zero-order valence-electron chi connectivity index (χ0n) is 11.3. The Labute approximate surface area is 138 Å². The molecular formula is C13H14Cl2N4OS. The van der Waals surface area contributed by atoms with Crippen LogP contribution in [0.15, 0.2) is 24.3 Å². The number of nitrogens with one attached hydrogen (secondary N) is 1. The number of hydrazine groups is 1. The lowest BCUT2D eigenvalue weighted by atomic mass is 9.61. The Balaban J connectivity index is 2.48. The first-order chi connectivity index (χ1) is 9.80. The van der Waals surface area contributed by atoms with Crippen molar-refractivity contribution in [2.75, 3.05) is 7.05 Å². The summed E-state index contributed by atoms with van der Waals surface area (Å²) in [6.07, 6.45) is 0.979. The number of carbonyl (C=O) groups excluding carboxylic acids is 1. The lowest BCUT2D eigenvalue weighted by Crippen LogP contribution is -2.58. The van der Waals surface area contributed by atoms with Crippen molar-refractivity contribution < 1.29 is 4.79 Å². The van der Waals surface area contributed by atoms with Gasteiger partial charge in [0.2, 0.25) is 0 Å². The molecule has 0 aliphatic heterocycles. The summed E-state index contributed by atoms with van der Waals surface area (Å²) in [5.41, 5.74) is 9.10. The molecule has 0 saturated heterocycles. The lowest BCUT2D eigenvalue weighted by Gasteiger charge is -2.44. The fraction of sp³-hybridized carbons (Fsp3) is 0.308. The van der Waals surface area contributed by atoms with E-state index in [1.807, 2.05) is 0 Å². The highest BCUT2D eigenvalue weighted by Gasteiger charge is 2.50. The number of hydrogen-bond acceptors (Lipinski definition) is 4. The van der Waals surface area contributed by atoms with Gasteiger partial charge in [-0.15, -0.1) is 0 Å². The van der Waals surface area contributed by atoms with Crippen molar-refractivity contribution in [3.8, 4) is 0 Å². The van der Waals surface area contributed by atoms with E-state index in [0.29, 0.717) is 18.4 Å². The van der Waals surface area contributed by atoms with Gasteiger partial charge in [0, 0.05) is 7.05 Å². The molecule has 8 heteroatoms. The van der Waals surface area contributed by atoms with E-state index in [1.165, 1.54) is 0 Å². The van der Waals surface area contributed by atoms with Crippen LogP contribution in [0.4, 0.5) is 0 Å². The largest absolute Gasteiger partial charge is 0.375 e. The van der Waals surface area contributed by atoms with Gasteiger partial charge in [0.25, 0.3) is 5.91 Å². The number of pyridine rings is 1. The number of aromatic nitrogens is 1. The second kappa shape index (κ2) is 5.88. The van der Waals surface area contributed by atoms with Crippen LogP contribution in [-0.4, -0.2) is 28.1 Å². The minimum absolute atomic E-state index is 0.0503. The molecule has 0 spiro atoms. The number of nitrogens with zero attached hydrogens (tertiary/aromatic N) is 2. The predicted molar refractivity (Wildman–Crippen MR) is 87.0 cm³/mol. The standard InChI is InChI=1S/C13H14Cl2N4OS/c1-7-5-13(6-7,11(20)19(17-2)12(16)21)8-3-9(14)18-10(15)4-8/h3-4,17H,1,5-6H2,2H3,(H2,16,21). The van der Waals surface area contributed by atoms with Gasteiger partial charge in [0.05, 0.1) is 5.41 Å². The van der Waals surface area contributed by atoms with Gasteiger partial charge >= 0.3 is 0 Å². The second-order valence-electron chi connectivity index (χ2n) is 4.89. The van der Waals surface area contributed by atoms with Crippen LogP contribution < -0.4 is 11.2 Å². The molecule has 0 bridgehead atoms. The van der Waals surface area contributed by atoms with Gasteiger partial charge in [-0.1, -0.05) is 35.4 Å². The van der Waals surface area contributed by atoms with Crippen molar-refractivity contribution in [1.29, 1.82) is 0 Å². The van der Waals surface area contributed by atoms with Gasteiger partial charge in [-0.3, -0.25) is 4.79 Å². The molecule has 5 nitrogen and oxygen atoms in total. The second-order valence-corrected chi connectivity index (χ2v) is 6.08. The van der Waals surface area contributed by atoms with Crippen LogP contribution in [0.1, 0.15) is 18.4 Å². The normalized spacial score (nSPS) is 16.2. The molecule has 112 valence electrons. The molecule has 1 aliphatic carbocycles. The Bertz CT molecular complexity index is 606. The van der Waals surface area contributed by atoms with E-state index in [-0.39, 0.29) is 21.3 Å². The first kappa shape index (κ1) is 16.2. The van der Waals surface area contributed by atoms with E-state index in [1.54, 1.807) is 19.2 Å². The zero-order chi connectivity index (χ0) is 15.8. The minimum atomic E-state index is -0.820. The van der Waals surface area contributed by atoms with Crippen molar-refractivity contribution in [2.45, 2.75) is 18.3 Å². The smallest absolute Gasteiger partial charge is 0.254 e. The number of thiocarbonyl (C=S) groups is 1. The van der Waals surface area contributed by atoms with E-state index in [0.717, 1.165) is 10.6 Å². The molecule has 0 atom stereocenters. The van der Waals surface area contributed by atoms with Crippen LogP contribution in [-0.2, 0) is 10.2 Å². The maximum atomic E-state index is 12.8. The number of halogens is 2. The van der Waals surface area contributed by atoms with Gasteiger partial charge in [0.15, 0.2) is 5.11 Å². The van der Waals surface area contributed by atoms with Crippen LogP contribution in [0.25, 0.3) is 0 Å².